The first-order valence-corrected chi connectivity index (χ1v) is 20.6. The molecule has 9 aromatic rings. The second-order valence-electron chi connectivity index (χ2n) is 13.6. The number of benzene rings is 2. The van der Waals surface area contributed by atoms with Crippen LogP contribution in [0.5, 0.6) is 0 Å². The molecule has 0 spiro atoms. The molecule has 17 heteroatoms. The molecule has 7 aromatic heterocycles. The average Bonchev–Trinajstić information content (AvgIpc) is 4.12. The second-order valence-corrected chi connectivity index (χ2v) is 14.5. The standard InChI is InChI=1S/C21H13ClFN5.C19H10ClFN4.C4H11NO2.C4H9.CH4.Li/c22-16-10-13(3-5-17(16)23)20-15(2-1-7-24-20)14-4-6-19-27-11-18(28(19)12-14)21-25-8-9-26-21;1-22-18-10-24-17-7-5-13(11-25(17)18)14-3-2-8-23-19(14)12-4-6-16(21)15(20)9-12;1-6-4(3-5)7-2;1-3-4-2;;/h1-12H,(H,25,26);2-11H;4H,3,5H2,1-2H3;1,3-4H2,2H3;1H4;/q;;;-1;;+1. The maximum absolute atomic E-state index is 13.6. The zero-order chi connectivity index (χ0) is 45.6. The van der Waals surface area contributed by atoms with Crippen LogP contribution in [0.2, 0.25) is 10.0 Å². The van der Waals surface area contributed by atoms with Crippen LogP contribution in [0, 0.1) is 25.1 Å². The monoisotopic (exact) mass is 922 g/mol. The third-order valence-electron chi connectivity index (χ3n) is 9.54. The van der Waals surface area contributed by atoms with Gasteiger partial charge in [-0.3, -0.25) is 14.4 Å². The summed E-state index contributed by atoms with van der Waals surface area (Å²) in [5, 5.41) is 0.119. The first-order valence-electron chi connectivity index (χ1n) is 19.8. The molecule has 2 aromatic carbocycles. The fourth-order valence-corrected chi connectivity index (χ4v) is 6.60. The maximum Gasteiger partial charge on any atom is 1.00 e. The average molecular weight is 924 g/mol. The fraction of sp³-hybridized carbons (Fsp3) is 0.163. The van der Waals surface area contributed by atoms with Gasteiger partial charge in [-0.25, -0.2) is 28.1 Å². The quantitative estimate of drug-likeness (QED) is 0.0830. The van der Waals surface area contributed by atoms with E-state index in [4.69, 9.17) is 45.0 Å². The van der Waals surface area contributed by atoms with Crippen molar-refractivity contribution < 1.29 is 37.1 Å². The van der Waals surface area contributed by atoms with Gasteiger partial charge in [0.2, 0.25) is 5.65 Å². The van der Waals surface area contributed by atoms with Gasteiger partial charge in [0.1, 0.15) is 23.0 Å². The van der Waals surface area contributed by atoms with Crippen molar-refractivity contribution in [3.63, 3.8) is 0 Å². The van der Waals surface area contributed by atoms with Crippen molar-refractivity contribution in [2.45, 2.75) is 33.5 Å². The SMILES string of the molecule is C.COC(CN)OC.Fc1ccc(-c2ncccc2-c2ccc3ncc(-c4ncc[nH]4)n3c2)cc1Cl.[C-]#[N+]c1cnc2ccc(-c3cccnc3-c3ccc(F)c(Cl)c3)cn12.[CH2-]CCC.[Li+]. The van der Waals surface area contributed by atoms with Crippen LogP contribution in [0.4, 0.5) is 14.6 Å². The summed E-state index contributed by atoms with van der Waals surface area (Å²) in [6, 6.07) is 24.4. The van der Waals surface area contributed by atoms with E-state index in [0.29, 0.717) is 23.7 Å². The molecule has 0 aliphatic carbocycles. The van der Waals surface area contributed by atoms with E-state index in [1.54, 1.807) is 73.9 Å². The van der Waals surface area contributed by atoms with Crippen LogP contribution < -0.4 is 24.6 Å². The minimum atomic E-state index is -0.468. The van der Waals surface area contributed by atoms with Gasteiger partial charge in [0, 0.05) is 91.2 Å². The Labute approximate surface area is 404 Å². The van der Waals surface area contributed by atoms with E-state index in [2.05, 4.69) is 48.6 Å². The molecule has 12 nitrogen and oxygen atoms in total. The number of nitrogens with zero attached hydrogens (tertiary/aromatic N) is 8. The molecule has 9 rings (SSSR count). The van der Waals surface area contributed by atoms with Gasteiger partial charge in [-0.15, -0.1) is 0 Å². The summed E-state index contributed by atoms with van der Waals surface area (Å²) >= 11 is 11.9. The van der Waals surface area contributed by atoms with Gasteiger partial charge in [0.25, 0.3) is 5.82 Å². The number of unbranched alkanes of at least 4 members (excludes halogenated alkanes) is 1. The zero-order valence-electron chi connectivity index (χ0n) is 36.1. The summed E-state index contributed by atoms with van der Waals surface area (Å²) in [7, 11) is 3.11. The van der Waals surface area contributed by atoms with E-state index < -0.39 is 11.6 Å². The molecule has 66 heavy (non-hydrogen) atoms. The van der Waals surface area contributed by atoms with Crippen molar-refractivity contribution in [1.82, 2.24) is 38.7 Å². The zero-order valence-corrected chi connectivity index (χ0v) is 37.6. The predicted molar refractivity (Wildman–Crippen MR) is 255 cm³/mol. The van der Waals surface area contributed by atoms with Crippen LogP contribution in [-0.4, -0.2) is 65.8 Å². The number of H-pyrrole nitrogens is 1. The first-order chi connectivity index (χ1) is 31.1. The van der Waals surface area contributed by atoms with E-state index in [1.807, 2.05) is 65.3 Å². The smallest absolute Gasteiger partial charge is 0.362 e. The fourth-order valence-electron chi connectivity index (χ4n) is 6.24. The Morgan fingerprint density at radius 1 is 0.742 bits per heavy atom. The molecule has 3 N–H and O–H groups in total. The third kappa shape index (κ3) is 12.5. The Balaban J connectivity index is 0.000000231. The summed E-state index contributed by atoms with van der Waals surface area (Å²) in [6.07, 6.45) is 16.1. The van der Waals surface area contributed by atoms with Crippen molar-refractivity contribution in [2.75, 3.05) is 20.8 Å². The molecule has 7 heterocycles. The van der Waals surface area contributed by atoms with E-state index in [-0.39, 0.29) is 42.6 Å². The van der Waals surface area contributed by atoms with Gasteiger partial charge in [-0.1, -0.05) is 62.7 Å². The number of methoxy groups -OCH3 is 2. The molecular weight excluding hydrogens is 876 g/mol. The number of hydrogen-bond acceptors (Lipinski definition) is 8. The molecule has 0 bridgehead atoms. The van der Waals surface area contributed by atoms with E-state index in [0.717, 1.165) is 62.7 Å². The molecule has 0 fully saturated rings. The number of fused-ring (bicyclic) bond motifs is 2. The molecule has 0 unspecified atom stereocenters. The number of aromatic amines is 1. The Bertz CT molecular complexity index is 2980. The van der Waals surface area contributed by atoms with Crippen molar-refractivity contribution in [1.29, 1.82) is 0 Å². The number of pyridine rings is 4. The van der Waals surface area contributed by atoms with Crippen LogP contribution in [0.15, 0.2) is 135 Å². The van der Waals surface area contributed by atoms with Crippen LogP contribution >= 0.6 is 23.2 Å². The minimum Gasteiger partial charge on any atom is -0.362 e. The van der Waals surface area contributed by atoms with Crippen molar-refractivity contribution in [2.24, 2.45) is 5.73 Å². The normalized spacial score (nSPS) is 10.4. The molecule has 0 aliphatic rings. The Hall–Kier alpha value is -6.26. The molecule has 0 atom stereocenters. The molecule has 334 valence electrons. The number of aromatic nitrogens is 8. The summed E-state index contributed by atoms with van der Waals surface area (Å²) in [5.74, 6) is 0.253. The van der Waals surface area contributed by atoms with Gasteiger partial charge in [-0.2, -0.15) is 6.42 Å². The summed E-state index contributed by atoms with van der Waals surface area (Å²) in [4.78, 5) is 28.5. The van der Waals surface area contributed by atoms with Crippen molar-refractivity contribution in [3.05, 3.63) is 175 Å². The third-order valence-corrected chi connectivity index (χ3v) is 10.1. The van der Waals surface area contributed by atoms with Crippen LogP contribution in [0.3, 0.4) is 0 Å². The van der Waals surface area contributed by atoms with Crippen molar-refractivity contribution in [3.8, 4) is 56.3 Å². The Kier molecular flexibility index (Phi) is 20.2. The minimum absolute atomic E-state index is 0. The molecule has 0 saturated carbocycles. The summed E-state index contributed by atoms with van der Waals surface area (Å²) < 4.78 is 40.2. The number of nitrogens with two attached hydrogens (primary N) is 1. The summed E-state index contributed by atoms with van der Waals surface area (Å²) in [5.41, 5.74) is 14.0. The van der Waals surface area contributed by atoms with Gasteiger partial charge in [0.15, 0.2) is 12.1 Å². The van der Waals surface area contributed by atoms with E-state index in [9.17, 15) is 8.78 Å². The molecule has 0 amide bonds. The molecule has 0 aliphatic heterocycles. The van der Waals surface area contributed by atoms with Crippen LogP contribution in [0.1, 0.15) is 27.2 Å². The number of nitrogens with one attached hydrogen (secondary N) is 1. The van der Waals surface area contributed by atoms with Crippen molar-refractivity contribution >= 4 is 40.3 Å². The van der Waals surface area contributed by atoms with Crippen LogP contribution in [0.25, 0.3) is 72.4 Å². The predicted octanol–water partition coefficient (Wildman–Crippen LogP) is 9.48. The topological polar surface area (TPSA) is 138 Å². The second kappa shape index (κ2) is 25.4. The number of imidazole rings is 3. The van der Waals surface area contributed by atoms with Gasteiger partial charge >= 0.3 is 18.9 Å². The molecule has 0 radical (unpaired) electrons. The summed E-state index contributed by atoms with van der Waals surface area (Å²) in [6.45, 7) is 13.4. The van der Waals surface area contributed by atoms with Gasteiger partial charge < -0.3 is 32.0 Å². The van der Waals surface area contributed by atoms with E-state index >= 15 is 0 Å². The Morgan fingerprint density at radius 2 is 1.24 bits per heavy atom. The Morgan fingerprint density at radius 3 is 1.68 bits per heavy atom. The maximum atomic E-state index is 13.6. The van der Waals surface area contributed by atoms with Crippen LogP contribution in [-0.2, 0) is 9.47 Å². The number of halogens is 4. The first kappa shape index (κ1) is 52.4. The number of hydrogen-bond donors (Lipinski definition) is 2. The van der Waals surface area contributed by atoms with E-state index in [1.165, 1.54) is 24.8 Å². The number of ether oxygens (including phenoxy) is 2. The molecular formula is C49H47Cl2F2LiN10O2. The largest absolute Gasteiger partial charge is 1.00 e. The number of rotatable bonds is 9. The molecule has 0 saturated heterocycles. The van der Waals surface area contributed by atoms with Gasteiger partial charge in [-0.05, 0) is 66.7 Å². The van der Waals surface area contributed by atoms with Gasteiger partial charge in [0.05, 0.1) is 40.0 Å².